The summed E-state index contributed by atoms with van der Waals surface area (Å²) in [4.78, 5) is 9.73. The molecule has 0 radical (unpaired) electrons. The van der Waals surface area contributed by atoms with Crippen molar-refractivity contribution >= 4 is 11.0 Å². The topological polar surface area (TPSA) is 46.4 Å². The monoisotopic (exact) mass is 379 g/mol. The van der Waals surface area contributed by atoms with E-state index in [4.69, 9.17) is 9.72 Å². The van der Waals surface area contributed by atoms with Crippen LogP contribution in [0.25, 0.3) is 22.3 Å². The van der Waals surface area contributed by atoms with E-state index in [1.54, 1.807) is 0 Å². The molecule has 0 amide bonds. The van der Waals surface area contributed by atoms with Gasteiger partial charge in [0.15, 0.2) is 0 Å². The van der Waals surface area contributed by atoms with Gasteiger partial charge in [-0.15, -0.1) is 0 Å². The fraction of sp³-hybridized carbons (Fsp3) is 0.455. The molecule has 1 aliphatic heterocycles. The Morgan fingerprint density at radius 1 is 1.07 bits per heavy atom. The highest BCUT2D eigenvalue weighted by Crippen LogP contribution is 2.31. The number of rotatable bonds is 6. The van der Waals surface area contributed by atoms with Crippen molar-refractivity contribution in [3.63, 3.8) is 0 Å². The number of likely N-dealkylation sites (N-methyl/N-ethyl adjacent to an activating group) is 1. The van der Waals surface area contributed by atoms with Crippen LogP contribution in [0.2, 0.25) is 0 Å². The first kappa shape index (κ1) is 18.9. The van der Waals surface area contributed by atoms with Gasteiger partial charge >= 0.3 is 0 Å². The summed E-state index contributed by atoms with van der Waals surface area (Å²) in [6, 6.07) is 10.3. The van der Waals surface area contributed by atoms with E-state index in [-0.39, 0.29) is 0 Å². The number of benzene rings is 1. The SMILES string of the molecule is Cc1cc(-c2ccccc2OCCCN2CCN(C)CC2)nc2cnn(C)c12. The first-order valence-corrected chi connectivity index (χ1v) is 10.0. The maximum atomic E-state index is 6.16. The van der Waals surface area contributed by atoms with Gasteiger partial charge in [0.25, 0.3) is 0 Å². The van der Waals surface area contributed by atoms with E-state index in [1.165, 1.54) is 5.56 Å². The number of ether oxygens (including phenoxy) is 1. The van der Waals surface area contributed by atoms with Crippen LogP contribution in [0.5, 0.6) is 5.75 Å². The molecule has 4 rings (SSSR count). The number of hydrogen-bond acceptors (Lipinski definition) is 5. The van der Waals surface area contributed by atoms with E-state index in [0.29, 0.717) is 0 Å². The second-order valence-electron chi connectivity index (χ2n) is 7.67. The Hall–Kier alpha value is -2.44. The van der Waals surface area contributed by atoms with Gasteiger partial charge in [-0.25, -0.2) is 4.98 Å². The third-order valence-corrected chi connectivity index (χ3v) is 5.52. The summed E-state index contributed by atoms with van der Waals surface area (Å²) in [6.45, 7) is 8.54. The minimum atomic E-state index is 0.720. The summed E-state index contributed by atoms with van der Waals surface area (Å²) >= 11 is 0. The molecule has 28 heavy (non-hydrogen) atoms. The summed E-state index contributed by atoms with van der Waals surface area (Å²) in [5.74, 6) is 0.899. The van der Waals surface area contributed by atoms with Crippen LogP contribution in [0.15, 0.2) is 36.5 Å². The third-order valence-electron chi connectivity index (χ3n) is 5.52. The molecule has 1 fully saturated rings. The molecule has 0 spiro atoms. The molecule has 1 saturated heterocycles. The summed E-state index contributed by atoms with van der Waals surface area (Å²) in [6.07, 6.45) is 2.86. The van der Waals surface area contributed by atoms with Crippen LogP contribution in [-0.4, -0.2) is 70.9 Å². The molecule has 0 saturated carbocycles. The van der Waals surface area contributed by atoms with Gasteiger partial charge in [-0.2, -0.15) is 5.10 Å². The smallest absolute Gasteiger partial charge is 0.128 e. The van der Waals surface area contributed by atoms with Gasteiger partial charge in [0.05, 0.1) is 24.0 Å². The number of nitrogens with zero attached hydrogens (tertiary/aromatic N) is 5. The molecule has 1 aliphatic rings. The third kappa shape index (κ3) is 4.03. The lowest BCUT2D eigenvalue weighted by atomic mass is 10.1. The van der Waals surface area contributed by atoms with E-state index in [2.05, 4.69) is 41.0 Å². The van der Waals surface area contributed by atoms with E-state index >= 15 is 0 Å². The summed E-state index contributed by atoms with van der Waals surface area (Å²) < 4.78 is 8.04. The second kappa shape index (κ2) is 8.29. The van der Waals surface area contributed by atoms with Crippen LogP contribution in [0.4, 0.5) is 0 Å². The van der Waals surface area contributed by atoms with Crippen LogP contribution >= 0.6 is 0 Å². The zero-order chi connectivity index (χ0) is 19.5. The quantitative estimate of drug-likeness (QED) is 0.616. The number of hydrogen-bond donors (Lipinski definition) is 0. The fourth-order valence-electron chi connectivity index (χ4n) is 3.88. The minimum Gasteiger partial charge on any atom is -0.493 e. The molecule has 3 aromatic rings. The predicted molar refractivity (Wildman–Crippen MR) is 113 cm³/mol. The van der Waals surface area contributed by atoms with Gasteiger partial charge < -0.3 is 14.5 Å². The van der Waals surface area contributed by atoms with Crippen LogP contribution < -0.4 is 4.74 Å². The second-order valence-corrected chi connectivity index (χ2v) is 7.67. The van der Waals surface area contributed by atoms with Gasteiger partial charge in [0, 0.05) is 45.3 Å². The van der Waals surface area contributed by atoms with Crippen LogP contribution in [0.3, 0.4) is 0 Å². The summed E-state index contributed by atoms with van der Waals surface area (Å²) in [7, 11) is 4.14. The van der Waals surface area contributed by atoms with Gasteiger partial charge in [-0.3, -0.25) is 4.68 Å². The average molecular weight is 380 g/mol. The van der Waals surface area contributed by atoms with Crippen LogP contribution in [0.1, 0.15) is 12.0 Å². The molecule has 6 heteroatoms. The Kier molecular flexibility index (Phi) is 5.59. The van der Waals surface area contributed by atoms with Gasteiger partial charge in [-0.1, -0.05) is 12.1 Å². The molecular formula is C22H29N5O. The number of fused-ring (bicyclic) bond motifs is 1. The Bertz CT molecular complexity index is 943. The van der Waals surface area contributed by atoms with Crippen molar-refractivity contribution in [2.45, 2.75) is 13.3 Å². The Morgan fingerprint density at radius 3 is 2.68 bits per heavy atom. The molecule has 1 aromatic carbocycles. The maximum absolute atomic E-state index is 6.16. The number of para-hydroxylation sites is 1. The zero-order valence-corrected chi connectivity index (χ0v) is 17.1. The number of piperazine rings is 1. The number of aryl methyl sites for hydroxylation is 2. The number of pyridine rings is 1. The Morgan fingerprint density at radius 2 is 1.86 bits per heavy atom. The summed E-state index contributed by atoms with van der Waals surface area (Å²) in [5, 5.41) is 4.34. The summed E-state index contributed by atoms with van der Waals surface area (Å²) in [5.41, 5.74) is 5.14. The standard InChI is InChI=1S/C22H29N5O/c1-17-15-19(24-20-16-23-26(3)22(17)20)18-7-4-5-8-21(18)28-14-6-9-27-12-10-25(2)11-13-27/h4-5,7-8,15-16H,6,9-14H2,1-3H3. The molecule has 0 aliphatic carbocycles. The lowest BCUT2D eigenvalue weighted by Gasteiger charge is -2.32. The fourth-order valence-corrected chi connectivity index (χ4v) is 3.88. The molecule has 2 aromatic heterocycles. The van der Waals surface area contributed by atoms with Crippen molar-refractivity contribution in [1.29, 1.82) is 0 Å². The van der Waals surface area contributed by atoms with Crippen molar-refractivity contribution in [1.82, 2.24) is 24.6 Å². The van der Waals surface area contributed by atoms with Gasteiger partial charge in [0.2, 0.25) is 0 Å². The first-order chi connectivity index (χ1) is 13.6. The number of aromatic nitrogens is 3. The molecule has 0 bridgehead atoms. The molecule has 148 valence electrons. The van der Waals surface area contributed by atoms with Crippen molar-refractivity contribution < 1.29 is 4.74 Å². The highest BCUT2D eigenvalue weighted by atomic mass is 16.5. The molecule has 0 N–H and O–H groups in total. The minimum absolute atomic E-state index is 0.720. The molecular weight excluding hydrogens is 350 g/mol. The van der Waals surface area contributed by atoms with E-state index in [9.17, 15) is 0 Å². The van der Waals surface area contributed by atoms with Crippen LogP contribution in [-0.2, 0) is 7.05 Å². The lowest BCUT2D eigenvalue weighted by molar-refractivity contribution is 0.145. The highest BCUT2D eigenvalue weighted by Gasteiger charge is 2.14. The van der Waals surface area contributed by atoms with Crippen molar-refractivity contribution in [3.05, 3.63) is 42.1 Å². The van der Waals surface area contributed by atoms with E-state index < -0.39 is 0 Å². The lowest BCUT2D eigenvalue weighted by Crippen LogP contribution is -2.44. The maximum Gasteiger partial charge on any atom is 0.128 e. The van der Waals surface area contributed by atoms with E-state index in [0.717, 1.165) is 73.8 Å². The highest BCUT2D eigenvalue weighted by molar-refractivity contribution is 5.82. The first-order valence-electron chi connectivity index (χ1n) is 10.0. The van der Waals surface area contributed by atoms with Crippen molar-refractivity contribution in [2.24, 2.45) is 7.05 Å². The van der Waals surface area contributed by atoms with Gasteiger partial charge in [0.1, 0.15) is 11.3 Å². The van der Waals surface area contributed by atoms with Crippen molar-refractivity contribution in [3.8, 4) is 17.0 Å². The average Bonchev–Trinajstić information content (AvgIpc) is 3.08. The van der Waals surface area contributed by atoms with Crippen molar-refractivity contribution in [2.75, 3.05) is 46.4 Å². The molecule has 0 atom stereocenters. The zero-order valence-electron chi connectivity index (χ0n) is 17.1. The Labute approximate surface area is 166 Å². The normalized spacial score (nSPS) is 16.0. The Balaban J connectivity index is 1.44. The molecule has 6 nitrogen and oxygen atoms in total. The largest absolute Gasteiger partial charge is 0.493 e. The predicted octanol–water partition coefficient (Wildman–Crippen LogP) is 2.96. The van der Waals surface area contributed by atoms with Gasteiger partial charge in [-0.05, 0) is 44.2 Å². The van der Waals surface area contributed by atoms with E-state index in [1.807, 2.05) is 36.1 Å². The molecule has 3 heterocycles. The molecule has 0 unspecified atom stereocenters. The van der Waals surface area contributed by atoms with Crippen LogP contribution in [0, 0.1) is 6.92 Å².